The molecule has 128 valence electrons. The molecular weight excluding hydrogens is 410 g/mol. The highest BCUT2D eigenvalue weighted by Gasteiger charge is 2.19. The summed E-state index contributed by atoms with van der Waals surface area (Å²) >= 11 is 6.23. The molecule has 0 saturated heterocycles. The number of amides is 2. The van der Waals surface area contributed by atoms with Crippen molar-refractivity contribution in [1.82, 2.24) is 4.98 Å². The van der Waals surface area contributed by atoms with Crippen molar-refractivity contribution in [2.75, 3.05) is 5.32 Å². The maximum atomic E-state index is 12.4. The molecule has 1 heterocycles. The number of benzene rings is 1. The molecule has 0 aliphatic heterocycles. The molecule has 3 N–H and O–H groups in total. The molecule has 2 aromatic rings. The van der Waals surface area contributed by atoms with Crippen molar-refractivity contribution in [1.29, 1.82) is 0 Å². The Labute approximate surface area is 157 Å². The molecule has 1 aromatic carbocycles. The highest BCUT2D eigenvalue weighted by atomic mass is 79.9. The van der Waals surface area contributed by atoms with Gasteiger partial charge in [0.05, 0.1) is 23.1 Å². The second-order valence-electron chi connectivity index (χ2n) is 5.36. The predicted octanol–water partition coefficient (Wildman–Crippen LogP) is 3.67. The molecule has 0 fully saturated rings. The van der Waals surface area contributed by atoms with Crippen LogP contribution in [0.1, 0.15) is 23.1 Å². The van der Waals surface area contributed by atoms with Crippen LogP contribution in [-0.2, 0) is 16.0 Å². The third-order valence-electron chi connectivity index (χ3n) is 3.24. The molecule has 0 aliphatic rings. The minimum atomic E-state index is -0.381. The summed E-state index contributed by atoms with van der Waals surface area (Å²) < 4.78 is 1.61. The molecule has 0 spiro atoms. The van der Waals surface area contributed by atoms with E-state index in [1.807, 2.05) is 39.0 Å². The topological polar surface area (TPSA) is 85.1 Å². The molecule has 5 nitrogen and oxygen atoms in total. The molecule has 8 heteroatoms. The first kappa shape index (κ1) is 19.0. The van der Waals surface area contributed by atoms with Crippen LogP contribution >= 0.6 is 39.0 Å². The molecule has 1 atom stereocenters. The zero-order valence-corrected chi connectivity index (χ0v) is 16.8. The lowest BCUT2D eigenvalue weighted by Crippen LogP contribution is -2.22. The molecule has 0 saturated carbocycles. The Balaban J connectivity index is 2.02. The van der Waals surface area contributed by atoms with Gasteiger partial charge in [0, 0.05) is 9.35 Å². The van der Waals surface area contributed by atoms with E-state index in [1.54, 1.807) is 0 Å². The van der Waals surface area contributed by atoms with Crippen LogP contribution in [0.4, 0.5) is 5.69 Å². The van der Waals surface area contributed by atoms with Gasteiger partial charge in [-0.3, -0.25) is 9.59 Å². The number of aromatic nitrogens is 1. The SMILES string of the molecule is Cc1ccc(NC(=O)C(C)Sc2nc(C)c(CC(N)=O)s2)c(Br)c1. The van der Waals surface area contributed by atoms with E-state index in [0.717, 1.165) is 30.6 Å². The number of nitrogens with two attached hydrogens (primary N) is 1. The maximum absolute atomic E-state index is 12.4. The minimum Gasteiger partial charge on any atom is -0.369 e. The van der Waals surface area contributed by atoms with Gasteiger partial charge < -0.3 is 11.1 Å². The Bertz CT molecular complexity index is 777. The summed E-state index contributed by atoms with van der Waals surface area (Å²) in [6.07, 6.45) is 0.181. The number of anilines is 1. The van der Waals surface area contributed by atoms with Crippen molar-refractivity contribution in [2.45, 2.75) is 36.8 Å². The van der Waals surface area contributed by atoms with Crippen molar-refractivity contribution in [3.8, 4) is 0 Å². The first-order chi connectivity index (χ1) is 11.3. The summed E-state index contributed by atoms with van der Waals surface area (Å²) in [5, 5.41) is 2.59. The largest absolute Gasteiger partial charge is 0.369 e. The normalized spacial score (nSPS) is 12.0. The summed E-state index contributed by atoms with van der Waals surface area (Å²) in [7, 11) is 0. The number of halogens is 1. The van der Waals surface area contributed by atoms with Crippen LogP contribution in [0, 0.1) is 13.8 Å². The average molecular weight is 428 g/mol. The molecular formula is C16H18BrN3O2S2. The van der Waals surface area contributed by atoms with Crippen LogP contribution in [0.15, 0.2) is 27.0 Å². The second-order valence-corrected chi connectivity index (χ2v) is 8.89. The molecule has 1 aromatic heterocycles. The predicted molar refractivity (Wildman–Crippen MR) is 103 cm³/mol. The Hall–Kier alpha value is -1.38. The maximum Gasteiger partial charge on any atom is 0.237 e. The first-order valence-electron chi connectivity index (χ1n) is 7.24. The fourth-order valence-electron chi connectivity index (χ4n) is 1.93. The monoisotopic (exact) mass is 427 g/mol. The van der Waals surface area contributed by atoms with E-state index in [9.17, 15) is 9.59 Å². The number of hydrogen-bond acceptors (Lipinski definition) is 5. The zero-order chi connectivity index (χ0) is 17.9. The number of primary amides is 1. The van der Waals surface area contributed by atoms with Gasteiger partial charge >= 0.3 is 0 Å². The van der Waals surface area contributed by atoms with Crippen molar-refractivity contribution in [3.63, 3.8) is 0 Å². The molecule has 2 amide bonds. The van der Waals surface area contributed by atoms with E-state index in [0.29, 0.717) is 0 Å². The summed E-state index contributed by atoms with van der Waals surface area (Å²) in [5.41, 5.74) is 7.87. The van der Waals surface area contributed by atoms with Crippen molar-refractivity contribution >= 4 is 56.5 Å². The van der Waals surface area contributed by atoms with Crippen LogP contribution in [0.2, 0.25) is 0 Å². The highest BCUT2D eigenvalue weighted by molar-refractivity contribution is 9.10. The summed E-state index contributed by atoms with van der Waals surface area (Å²) in [4.78, 5) is 28.7. The fraction of sp³-hybridized carbons (Fsp3) is 0.312. The van der Waals surface area contributed by atoms with Gasteiger partial charge in [-0.15, -0.1) is 11.3 Å². The lowest BCUT2D eigenvalue weighted by Gasteiger charge is -2.12. The fourth-order valence-corrected chi connectivity index (χ4v) is 4.91. The number of thioether (sulfide) groups is 1. The molecule has 0 aliphatic carbocycles. The van der Waals surface area contributed by atoms with Crippen molar-refractivity contribution < 1.29 is 9.59 Å². The number of carbonyl (C=O) groups excluding carboxylic acids is 2. The molecule has 0 radical (unpaired) electrons. The van der Waals surface area contributed by atoms with Crippen molar-refractivity contribution in [2.24, 2.45) is 5.73 Å². The smallest absolute Gasteiger partial charge is 0.237 e. The Morgan fingerprint density at radius 3 is 2.75 bits per heavy atom. The summed E-state index contributed by atoms with van der Waals surface area (Å²) in [6, 6.07) is 5.76. The Morgan fingerprint density at radius 2 is 2.12 bits per heavy atom. The molecule has 1 unspecified atom stereocenters. The van der Waals surface area contributed by atoms with Gasteiger partial charge in [-0.1, -0.05) is 17.8 Å². The van der Waals surface area contributed by atoms with Gasteiger partial charge in [0.2, 0.25) is 11.8 Å². The van der Waals surface area contributed by atoms with Gasteiger partial charge in [0.15, 0.2) is 4.34 Å². The van der Waals surface area contributed by atoms with Gasteiger partial charge in [-0.05, 0) is 54.4 Å². The first-order valence-corrected chi connectivity index (χ1v) is 9.73. The van der Waals surface area contributed by atoms with Gasteiger partial charge in [-0.25, -0.2) is 4.98 Å². The number of carbonyl (C=O) groups is 2. The van der Waals surface area contributed by atoms with Crippen molar-refractivity contribution in [3.05, 3.63) is 38.8 Å². The van der Waals surface area contributed by atoms with E-state index >= 15 is 0 Å². The number of thiazole rings is 1. The van der Waals surface area contributed by atoms with Crippen LogP contribution in [0.25, 0.3) is 0 Å². The third kappa shape index (κ3) is 5.06. The molecule has 24 heavy (non-hydrogen) atoms. The van der Waals surface area contributed by atoms with Gasteiger partial charge in [0.1, 0.15) is 0 Å². The van der Waals surface area contributed by atoms with Gasteiger partial charge in [-0.2, -0.15) is 0 Å². The van der Waals surface area contributed by atoms with Gasteiger partial charge in [0.25, 0.3) is 0 Å². The van der Waals surface area contributed by atoms with E-state index in [-0.39, 0.29) is 23.5 Å². The number of nitrogens with zero attached hydrogens (tertiary/aromatic N) is 1. The number of aryl methyl sites for hydroxylation is 2. The molecule has 0 bridgehead atoms. The van der Waals surface area contributed by atoms with Crippen LogP contribution < -0.4 is 11.1 Å². The van der Waals surface area contributed by atoms with Crippen LogP contribution in [0.3, 0.4) is 0 Å². The van der Waals surface area contributed by atoms with E-state index in [2.05, 4.69) is 26.2 Å². The van der Waals surface area contributed by atoms with Crippen LogP contribution in [-0.4, -0.2) is 22.0 Å². The Kier molecular flexibility index (Phi) is 6.42. The molecule has 2 rings (SSSR count). The van der Waals surface area contributed by atoms with Crippen LogP contribution in [0.5, 0.6) is 0 Å². The Morgan fingerprint density at radius 1 is 1.42 bits per heavy atom. The number of nitrogens with one attached hydrogen (secondary N) is 1. The van der Waals surface area contributed by atoms with E-state index < -0.39 is 0 Å². The summed E-state index contributed by atoms with van der Waals surface area (Å²) in [6.45, 7) is 5.66. The summed E-state index contributed by atoms with van der Waals surface area (Å²) in [5.74, 6) is -0.484. The standard InChI is InChI=1S/C16H18BrN3O2S2/c1-8-4-5-12(11(17)6-8)20-15(22)10(3)23-16-19-9(2)13(24-16)7-14(18)21/h4-6,10H,7H2,1-3H3,(H2,18,21)(H,20,22). The zero-order valence-electron chi connectivity index (χ0n) is 13.6. The number of rotatable bonds is 6. The lowest BCUT2D eigenvalue weighted by molar-refractivity contribution is -0.117. The third-order valence-corrected chi connectivity index (χ3v) is 6.24. The quantitative estimate of drug-likeness (QED) is 0.688. The van der Waals surface area contributed by atoms with E-state index in [1.165, 1.54) is 23.1 Å². The lowest BCUT2D eigenvalue weighted by atomic mass is 10.2. The average Bonchev–Trinajstić information content (AvgIpc) is 2.80. The van der Waals surface area contributed by atoms with E-state index in [4.69, 9.17) is 5.73 Å². The number of hydrogen-bond donors (Lipinski definition) is 2. The minimum absolute atomic E-state index is 0.103. The highest BCUT2D eigenvalue weighted by Crippen LogP contribution is 2.31. The second kappa shape index (κ2) is 8.13.